The van der Waals surface area contributed by atoms with E-state index in [9.17, 15) is 14.9 Å². The van der Waals surface area contributed by atoms with Crippen molar-refractivity contribution in [1.82, 2.24) is 9.78 Å². The number of allylic oxidation sites excluding steroid dienone is 1. The van der Waals surface area contributed by atoms with Crippen LogP contribution >= 0.6 is 0 Å². The first-order chi connectivity index (χ1) is 13.9. The van der Waals surface area contributed by atoms with Crippen molar-refractivity contribution in [2.75, 3.05) is 10.6 Å². The molecule has 2 N–H and O–H groups in total. The van der Waals surface area contributed by atoms with Gasteiger partial charge in [-0.05, 0) is 43.7 Å². The minimum Gasteiger partial charge on any atom is -0.344 e. The number of carbonyl (C=O) groups is 1. The molecule has 0 aliphatic carbocycles. The summed E-state index contributed by atoms with van der Waals surface area (Å²) >= 11 is 0. The summed E-state index contributed by atoms with van der Waals surface area (Å²) in [5.41, 5.74) is 3.42. The molecule has 1 aromatic heterocycles. The van der Waals surface area contributed by atoms with Crippen LogP contribution in [-0.4, -0.2) is 20.6 Å². The maximum absolute atomic E-state index is 13.2. The summed E-state index contributed by atoms with van der Waals surface area (Å²) in [7, 11) is 0. The minimum atomic E-state index is -0.510. The van der Waals surface area contributed by atoms with Gasteiger partial charge in [-0.3, -0.25) is 14.9 Å². The van der Waals surface area contributed by atoms with Crippen LogP contribution in [0.15, 0.2) is 71.9 Å². The number of anilines is 2. The maximum Gasteiger partial charge on any atom is 0.269 e. The number of aromatic nitrogens is 2. The Morgan fingerprint density at radius 3 is 2.48 bits per heavy atom. The standard InChI is InChI=1S/C21H19N5O3/c1-13-12-18-22-14(2)19(21(27)23-16-6-4-3-5-7-16)20(25(18)24-13)15-8-10-17(11-9-15)26(28)29/h3-12,20,22H,1-2H3,(H,23,27)/t20-/m0/s1. The van der Waals surface area contributed by atoms with Crippen LogP contribution < -0.4 is 10.6 Å². The third kappa shape index (κ3) is 3.47. The molecule has 2 aromatic carbocycles. The monoisotopic (exact) mass is 389 g/mol. The van der Waals surface area contributed by atoms with Gasteiger partial charge in [0.15, 0.2) is 0 Å². The van der Waals surface area contributed by atoms with E-state index in [1.54, 1.807) is 16.8 Å². The molecule has 1 aliphatic heterocycles. The number of non-ortho nitro benzene ring substituents is 1. The van der Waals surface area contributed by atoms with Crippen LogP contribution in [0.25, 0.3) is 0 Å². The predicted octanol–water partition coefficient (Wildman–Crippen LogP) is 4.03. The fourth-order valence-corrected chi connectivity index (χ4v) is 3.49. The van der Waals surface area contributed by atoms with Crippen molar-refractivity contribution in [3.8, 4) is 0 Å². The van der Waals surface area contributed by atoms with Crippen LogP contribution in [-0.2, 0) is 4.79 Å². The normalized spacial score (nSPS) is 15.4. The Balaban J connectivity index is 1.78. The number of nitrogens with one attached hydrogen (secondary N) is 2. The molecule has 0 saturated heterocycles. The van der Waals surface area contributed by atoms with Gasteiger partial charge < -0.3 is 10.6 Å². The van der Waals surface area contributed by atoms with E-state index in [1.807, 2.05) is 50.2 Å². The fourth-order valence-electron chi connectivity index (χ4n) is 3.49. The minimum absolute atomic E-state index is 0.00413. The highest BCUT2D eigenvalue weighted by Crippen LogP contribution is 2.37. The van der Waals surface area contributed by atoms with Gasteiger partial charge in [0.05, 0.1) is 16.2 Å². The van der Waals surface area contributed by atoms with E-state index in [0.717, 1.165) is 17.1 Å². The van der Waals surface area contributed by atoms with Gasteiger partial charge in [-0.15, -0.1) is 0 Å². The zero-order valence-corrected chi connectivity index (χ0v) is 15.9. The van der Waals surface area contributed by atoms with Gasteiger partial charge in [-0.25, -0.2) is 4.68 Å². The molecule has 1 amide bonds. The molecule has 2 heterocycles. The van der Waals surface area contributed by atoms with Crippen molar-refractivity contribution >= 4 is 23.1 Å². The van der Waals surface area contributed by atoms with Crippen molar-refractivity contribution < 1.29 is 9.72 Å². The summed E-state index contributed by atoms with van der Waals surface area (Å²) in [5, 5.41) is 21.7. The lowest BCUT2D eigenvalue weighted by molar-refractivity contribution is -0.384. The van der Waals surface area contributed by atoms with Gasteiger partial charge in [0.2, 0.25) is 0 Å². The van der Waals surface area contributed by atoms with Gasteiger partial charge in [0, 0.05) is 29.6 Å². The molecule has 1 atom stereocenters. The van der Waals surface area contributed by atoms with Gasteiger partial charge >= 0.3 is 0 Å². The molecule has 0 saturated carbocycles. The Hall–Kier alpha value is -3.94. The Bertz CT molecular complexity index is 1120. The smallest absolute Gasteiger partial charge is 0.269 e. The number of aryl methyl sites for hydroxylation is 1. The lowest BCUT2D eigenvalue weighted by atomic mass is 9.94. The molecule has 0 spiro atoms. The number of fused-ring (bicyclic) bond motifs is 1. The van der Waals surface area contributed by atoms with Gasteiger partial charge in [-0.1, -0.05) is 18.2 Å². The number of benzene rings is 2. The first-order valence-electron chi connectivity index (χ1n) is 9.09. The zero-order valence-electron chi connectivity index (χ0n) is 15.9. The SMILES string of the molecule is CC1=C(C(=O)Nc2ccccc2)[C@H](c2ccc([N+](=O)[O-])cc2)n2nc(C)cc2N1. The Morgan fingerprint density at radius 1 is 1.14 bits per heavy atom. The van der Waals surface area contributed by atoms with Crippen molar-refractivity contribution in [2.24, 2.45) is 0 Å². The number of hydrogen-bond donors (Lipinski definition) is 2. The number of nitrogens with zero attached hydrogens (tertiary/aromatic N) is 3. The van der Waals surface area contributed by atoms with Crippen LogP contribution in [0.4, 0.5) is 17.2 Å². The number of rotatable bonds is 4. The van der Waals surface area contributed by atoms with E-state index in [-0.39, 0.29) is 11.6 Å². The summed E-state index contributed by atoms with van der Waals surface area (Å²) in [4.78, 5) is 23.8. The maximum atomic E-state index is 13.2. The highest BCUT2D eigenvalue weighted by molar-refractivity contribution is 6.06. The Kier molecular flexibility index (Phi) is 4.59. The summed E-state index contributed by atoms with van der Waals surface area (Å²) in [6, 6.07) is 16.8. The second kappa shape index (κ2) is 7.23. The van der Waals surface area contributed by atoms with E-state index in [1.165, 1.54) is 12.1 Å². The lowest BCUT2D eigenvalue weighted by Gasteiger charge is -2.29. The van der Waals surface area contributed by atoms with Crippen molar-refractivity contribution in [2.45, 2.75) is 19.9 Å². The molecule has 1 aliphatic rings. The third-order valence-corrected chi connectivity index (χ3v) is 4.79. The van der Waals surface area contributed by atoms with Crippen molar-refractivity contribution in [3.63, 3.8) is 0 Å². The third-order valence-electron chi connectivity index (χ3n) is 4.79. The first-order valence-corrected chi connectivity index (χ1v) is 9.09. The molecule has 0 radical (unpaired) electrons. The molecule has 4 rings (SSSR count). The average molecular weight is 389 g/mol. The Labute approximate surface area is 167 Å². The van der Waals surface area contributed by atoms with Crippen LogP contribution in [0.3, 0.4) is 0 Å². The molecular weight excluding hydrogens is 370 g/mol. The summed E-state index contributed by atoms with van der Waals surface area (Å²) < 4.78 is 1.74. The second-order valence-corrected chi connectivity index (χ2v) is 6.85. The largest absolute Gasteiger partial charge is 0.344 e. The van der Waals surface area contributed by atoms with Crippen LogP contribution in [0.2, 0.25) is 0 Å². The molecule has 0 bridgehead atoms. The van der Waals surface area contributed by atoms with Crippen molar-refractivity contribution in [1.29, 1.82) is 0 Å². The average Bonchev–Trinajstić information content (AvgIpc) is 3.07. The number of para-hydroxylation sites is 1. The van der Waals surface area contributed by atoms with E-state index < -0.39 is 11.0 Å². The molecule has 8 nitrogen and oxygen atoms in total. The summed E-state index contributed by atoms with van der Waals surface area (Å²) in [6.45, 7) is 3.71. The van der Waals surface area contributed by atoms with Gasteiger partial charge in [0.25, 0.3) is 11.6 Å². The number of hydrogen-bond acceptors (Lipinski definition) is 5. The van der Waals surface area contributed by atoms with E-state index in [4.69, 9.17) is 0 Å². The molecule has 146 valence electrons. The highest BCUT2D eigenvalue weighted by atomic mass is 16.6. The van der Waals surface area contributed by atoms with E-state index in [2.05, 4.69) is 15.7 Å². The second-order valence-electron chi connectivity index (χ2n) is 6.85. The van der Waals surface area contributed by atoms with Crippen LogP contribution in [0.1, 0.15) is 24.2 Å². The first kappa shape index (κ1) is 18.4. The molecule has 29 heavy (non-hydrogen) atoms. The van der Waals surface area contributed by atoms with Crippen molar-refractivity contribution in [3.05, 3.63) is 93.3 Å². The summed E-state index contributed by atoms with van der Waals surface area (Å²) in [6.07, 6.45) is 0. The zero-order chi connectivity index (χ0) is 20.5. The quantitative estimate of drug-likeness (QED) is 0.518. The van der Waals surface area contributed by atoms with Gasteiger partial charge in [-0.2, -0.15) is 5.10 Å². The van der Waals surface area contributed by atoms with Crippen LogP contribution in [0.5, 0.6) is 0 Å². The van der Waals surface area contributed by atoms with E-state index >= 15 is 0 Å². The Morgan fingerprint density at radius 2 is 1.83 bits per heavy atom. The predicted molar refractivity (Wildman–Crippen MR) is 110 cm³/mol. The highest BCUT2D eigenvalue weighted by Gasteiger charge is 2.33. The fraction of sp³-hybridized carbons (Fsp3) is 0.143. The molecule has 8 heteroatoms. The lowest BCUT2D eigenvalue weighted by Crippen LogP contribution is -2.31. The molecule has 0 fully saturated rings. The molecule has 3 aromatic rings. The number of nitro groups is 1. The topological polar surface area (TPSA) is 102 Å². The molecular formula is C21H19N5O3. The number of carbonyl (C=O) groups excluding carboxylic acids is 1. The summed E-state index contributed by atoms with van der Waals surface area (Å²) in [5.74, 6) is 0.503. The number of amides is 1. The number of nitro benzene ring substituents is 1. The molecule has 0 unspecified atom stereocenters. The van der Waals surface area contributed by atoms with Gasteiger partial charge in [0.1, 0.15) is 11.9 Å². The van der Waals surface area contributed by atoms with E-state index in [0.29, 0.717) is 17.0 Å². The van der Waals surface area contributed by atoms with Crippen LogP contribution in [0, 0.1) is 17.0 Å².